The first-order valence-corrected chi connectivity index (χ1v) is 5.74. The Kier molecular flexibility index (Phi) is 3.57. The molecule has 0 amide bonds. The fraction of sp³-hybridized carbons (Fsp3) is 0. The van der Waals surface area contributed by atoms with Crippen LogP contribution in [0.15, 0.2) is 36.4 Å². The predicted octanol–water partition coefficient (Wildman–Crippen LogP) is 2.41. The summed E-state index contributed by atoms with van der Waals surface area (Å²) in [7, 11) is 0. The lowest BCUT2D eigenvalue weighted by molar-refractivity contribution is -0.421. The Morgan fingerprint density at radius 1 is 0.952 bits per heavy atom. The van der Waals surface area contributed by atoms with Crippen LogP contribution in [0.25, 0.3) is 0 Å². The van der Waals surface area contributed by atoms with Crippen molar-refractivity contribution in [1.82, 2.24) is 0 Å². The molecule has 5 N–H and O–H groups in total. The van der Waals surface area contributed by atoms with Crippen LogP contribution in [0.4, 0.5) is 34.1 Å². The molecule has 0 unspecified atom stereocenters. The van der Waals surface area contributed by atoms with Crippen LogP contribution in [0, 0.1) is 20.2 Å². The standard InChI is InChI=1S/C12H11N5O4/c13-10-8(15-7-4-2-1-3-5-7)6-9(16(18)19)12(11(10)14)17(20)21/h1-6,15H,13-14H2. The largest absolute Gasteiger partial charge is 0.395 e. The number of nitrogens with one attached hydrogen (secondary N) is 1. The molecule has 0 heterocycles. The van der Waals surface area contributed by atoms with Crippen molar-refractivity contribution in [3.8, 4) is 0 Å². The Morgan fingerprint density at radius 3 is 2.10 bits per heavy atom. The van der Waals surface area contributed by atoms with Crippen molar-refractivity contribution in [3.05, 3.63) is 56.6 Å². The van der Waals surface area contributed by atoms with Gasteiger partial charge in [0.1, 0.15) is 5.69 Å². The number of nitrogens with two attached hydrogens (primary N) is 2. The summed E-state index contributed by atoms with van der Waals surface area (Å²) in [4.78, 5) is 20.1. The zero-order valence-electron chi connectivity index (χ0n) is 10.6. The molecular weight excluding hydrogens is 278 g/mol. The quantitative estimate of drug-likeness (QED) is 0.444. The molecule has 0 aliphatic rings. The summed E-state index contributed by atoms with van der Waals surface area (Å²) in [5.41, 5.74) is 9.96. The fourth-order valence-electron chi connectivity index (χ4n) is 1.80. The number of hydrogen-bond acceptors (Lipinski definition) is 7. The molecule has 9 heteroatoms. The van der Waals surface area contributed by atoms with Crippen LogP contribution < -0.4 is 16.8 Å². The van der Waals surface area contributed by atoms with E-state index in [1.807, 2.05) is 0 Å². The maximum atomic E-state index is 11.0. The Hall–Kier alpha value is -3.36. The number of nitrogen functional groups attached to an aromatic ring is 2. The lowest BCUT2D eigenvalue weighted by Crippen LogP contribution is -2.07. The van der Waals surface area contributed by atoms with Crippen molar-refractivity contribution in [1.29, 1.82) is 0 Å². The molecule has 0 saturated heterocycles. The van der Waals surface area contributed by atoms with Crippen molar-refractivity contribution < 1.29 is 9.85 Å². The highest BCUT2D eigenvalue weighted by Crippen LogP contribution is 2.42. The number of anilines is 4. The van der Waals surface area contributed by atoms with Crippen molar-refractivity contribution in [2.45, 2.75) is 0 Å². The first-order valence-electron chi connectivity index (χ1n) is 5.74. The molecule has 9 nitrogen and oxygen atoms in total. The van der Waals surface area contributed by atoms with Gasteiger partial charge in [-0.05, 0) is 12.1 Å². The highest BCUT2D eigenvalue weighted by molar-refractivity contribution is 5.92. The normalized spacial score (nSPS) is 10.1. The average Bonchev–Trinajstić information content (AvgIpc) is 2.44. The summed E-state index contributed by atoms with van der Waals surface area (Å²) >= 11 is 0. The minimum atomic E-state index is -0.921. The van der Waals surface area contributed by atoms with Crippen molar-refractivity contribution in [2.24, 2.45) is 0 Å². The summed E-state index contributed by atoms with van der Waals surface area (Å²) in [5.74, 6) is 0. The van der Waals surface area contributed by atoms with E-state index in [0.717, 1.165) is 6.07 Å². The highest BCUT2D eigenvalue weighted by Gasteiger charge is 2.31. The minimum Gasteiger partial charge on any atom is -0.395 e. The molecule has 108 valence electrons. The van der Waals surface area contributed by atoms with E-state index in [-0.39, 0.29) is 11.4 Å². The molecule has 0 aliphatic carbocycles. The van der Waals surface area contributed by atoms with Crippen molar-refractivity contribution >= 4 is 34.1 Å². The second-order valence-electron chi connectivity index (χ2n) is 4.12. The first-order chi connectivity index (χ1) is 9.91. The number of rotatable bonds is 4. The van der Waals surface area contributed by atoms with E-state index in [9.17, 15) is 20.2 Å². The van der Waals surface area contributed by atoms with Gasteiger partial charge in [0, 0.05) is 11.8 Å². The van der Waals surface area contributed by atoms with Crippen LogP contribution in [0.5, 0.6) is 0 Å². The summed E-state index contributed by atoms with van der Waals surface area (Å²) in [6.45, 7) is 0. The van der Waals surface area contributed by atoms with Crippen LogP contribution in [0.1, 0.15) is 0 Å². The molecule has 0 aliphatic heterocycles. The summed E-state index contributed by atoms with van der Waals surface area (Å²) in [5, 5.41) is 24.7. The molecule has 0 radical (unpaired) electrons. The number of nitrogens with zero attached hydrogens (tertiary/aromatic N) is 2. The molecule has 0 saturated carbocycles. The topological polar surface area (TPSA) is 150 Å². The Balaban J connectivity index is 2.58. The predicted molar refractivity (Wildman–Crippen MR) is 78.3 cm³/mol. The highest BCUT2D eigenvalue weighted by atomic mass is 16.6. The van der Waals surface area contributed by atoms with Crippen LogP contribution >= 0.6 is 0 Å². The van der Waals surface area contributed by atoms with E-state index in [2.05, 4.69) is 5.32 Å². The monoisotopic (exact) mass is 289 g/mol. The van der Waals surface area contributed by atoms with Gasteiger partial charge in [-0.3, -0.25) is 20.2 Å². The zero-order chi connectivity index (χ0) is 15.6. The molecule has 0 spiro atoms. The third-order valence-corrected chi connectivity index (χ3v) is 2.79. The van der Waals surface area contributed by atoms with Gasteiger partial charge in [-0.15, -0.1) is 0 Å². The number of nitro groups is 2. The average molecular weight is 289 g/mol. The first kappa shape index (κ1) is 14.1. The van der Waals surface area contributed by atoms with Gasteiger partial charge in [0.25, 0.3) is 0 Å². The van der Waals surface area contributed by atoms with Crippen LogP contribution in [0.2, 0.25) is 0 Å². The molecule has 0 fully saturated rings. The Morgan fingerprint density at radius 2 is 1.57 bits per heavy atom. The molecular formula is C12H11N5O4. The van der Waals surface area contributed by atoms with E-state index in [1.165, 1.54) is 0 Å². The molecule has 2 rings (SSSR count). The van der Waals surface area contributed by atoms with E-state index in [0.29, 0.717) is 5.69 Å². The minimum absolute atomic E-state index is 0.115. The van der Waals surface area contributed by atoms with E-state index in [1.54, 1.807) is 30.3 Å². The van der Waals surface area contributed by atoms with Crippen LogP contribution in [-0.2, 0) is 0 Å². The van der Waals surface area contributed by atoms with Crippen molar-refractivity contribution in [2.75, 3.05) is 16.8 Å². The summed E-state index contributed by atoms with van der Waals surface area (Å²) in [6.07, 6.45) is 0. The van der Waals surface area contributed by atoms with Crippen molar-refractivity contribution in [3.63, 3.8) is 0 Å². The molecule has 0 atom stereocenters. The van der Waals surface area contributed by atoms with Crippen LogP contribution in [-0.4, -0.2) is 9.85 Å². The summed E-state index contributed by atoms with van der Waals surface area (Å²) in [6, 6.07) is 9.72. The number of hydrogen-bond donors (Lipinski definition) is 3. The zero-order valence-corrected chi connectivity index (χ0v) is 10.6. The maximum absolute atomic E-state index is 11.0. The maximum Gasteiger partial charge on any atom is 0.370 e. The van der Waals surface area contributed by atoms with Gasteiger partial charge in [0.15, 0.2) is 0 Å². The fourth-order valence-corrected chi connectivity index (χ4v) is 1.80. The lowest BCUT2D eigenvalue weighted by atomic mass is 10.1. The third kappa shape index (κ3) is 2.66. The summed E-state index contributed by atoms with van der Waals surface area (Å²) < 4.78 is 0. The van der Waals surface area contributed by atoms with Gasteiger partial charge >= 0.3 is 11.4 Å². The van der Waals surface area contributed by atoms with Crippen LogP contribution in [0.3, 0.4) is 0 Å². The molecule has 0 bridgehead atoms. The van der Waals surface area contributed by atoms with E-state index in [4.69, 9.17) is 11.5 Å². The molecule has 2 aromatic carbocycles. The number of nitro benzene ring substituents is 2. The van der Waals surface area contributed by atoms with Gasteiger partial charge in [0.05, 0.1) is 21.2 Å². The molecule has 2 aromatic rings. The van der Waals surface area contributed by atoms with Gasteiger partial charge in [-0.25, -0.2) is 0 Å². The lowest BCUT2D eigenvalue weighted by Gasteiger charge is -2.11. The second kappa shape index (κ2) is 5.33. The molecule has 21 heavy (non-hydrogen) atoms. The SMILES string of the molecule is Nc1c(Nc2ccccc2)cc([N+](=O)[O-])c([N+](=O)[O-])c1N. The van der Waals surface area contributed by atoms with E-state index < -0.39 is 26.9 Å². The van der Waals surface area contributed by atoms with Gasteiger partial charge < -0.3 is 16.8 Å². The smallest absolute Gasteiger partial charge is 0.370 e. The van der Waals surface area contributed by atoms with Gasteiger partial charge in [-0.1, -0.05) is 18.2 Å². The van der Waals surface area contributed by atoms with Gasteiger partial charge in [-0.2, -0.15) is 0 Å². The van der Waals surface area contributed by atoms with E-state index >= 15 is 0 Å². The number of benzene rings is 2. The second-order valence-corrected chi connectivity index (χ2v) is 4.12. The molecule has 0 aromatic heterocycles. The number of para-hydroxylation sites is 1. The Bertz CT molecular complexity index is 717. The van der Waals surface area contributed by atoms with Gasteiger partial charge in [0.2, 0.25) is 0 Å². The Labute approximate surface area is 118 Å². The third-order valence-electron chi connectivity index (χ3n) is 2.79.